The number of nitrogens with zero attached hydrogens (tertiary/aromatic N) is 2. The van der Waals surface area contributed by atoms with E-state index in [0.717, 1.165) is 27.3 Å². The second-order valence-electron chi connectivity index (χ2n) is 5.15. The largest absolute Gasteiger partial charge is 0.396 e. The molecule has 0 saturated heterocycles. The smallest absolute Gasteiger partial charge is 0.0900 e. The third-order valence-electron chi connectivity index (χ3n) is 3.50. The summed E-state index contributed by atoms with van der Waals surface area (Å²) in [5.74, 6) is 0. The fraction of sp³-hybridized carbons (Fsp3) is 0.250. The summed E-state index contributed by atoms with van der Waals surface area (Å²) in [5.41, 5.74) is 9.75. The Kier molecular flexibility index (Phi) is 3.51. The molecule has 0 aliphatic heterocycles. The molecule has 1 aromatic carbocycles. The van der Waals surface area contributed by atoms with Crippen LogP contribution in [0.5, 0.6) is 0 Å². The molecule has 0 spiro atoms. The minimum atomic E-state index is 0.157. The Bertz CT molecular complexity index is 794. The van der Waals surface area contributed by atoms with E-state index in [1.807, 2.05) is 38.1 Å². The summed E-state index contributed by atoms with van der Waals surface area (Å²) in [6.07, 6.45) is 1.71. The van der Waals surface area contributed by atoms with E-state index in [1.54, 1.807) is 17.5 Å². The molecular formula is C16H18N4S. The van der Waals surface area contributed by atoms with Gasteiger partial charge in [0.2, 0.25) is 0 Å². The SMILES string of the molecule is Cc1nc(C)c(C(C)Nc2c(N)cnc3ccccc23)s1. The predicted octanol–water partition coefficient (Wildman–Crippen LogP) is 4.06. The fourth-order valence-corrected chi connectivity index (χ4v) is 3.48. The first-order chi connectivity index (χ1) is 10.1. The Morgan fingerprint density at radius 2 is 2.00 bits per heavy atom. The molecule has 3 aromatic rings. The highest BCUT2D eigenvalue weighted by Gasteiger charge is 2.15. The summed E-state index contributed by atoms with van der Waals surface area (Å²) < 4.78 is 0. The molecule has 1 atom stereocenters. The molecule has 0 aliphatic carbocycles. The number of thiazole rings is 1. The number of hydrogen-bond donors (Lipinski definition) is 2. The first-order valence-electron chi connectivity index (χ1n) is 6.90. The van der Waals surface area contributed by atoms with Gasteiger partial charge >= 0.3 is 0 Å². The van der Waals surface area contributed by atoms with Crippen molar-refractivity contribution in [1.29, 1.82) is 0 Å². The molecule has 0 amide bonds. The lowest BCUT2D eigenvalue weighted by atomic mass is 10.1. The van der Waals surface area contributed by atoms with E-state index in [2.05, 4.69) is 22.2 Å². The van der Waals surface area contributed by atoms with Crippen molar-refractivity contribution in [3.05, 3.63) is 46.0 Å². The summed E-state index contributed by atoms with van der Waals surface area (Å²) in [7, 11) is 0. The van der Waals surface area contributed by atoms with Gasteiger partial charge in [-0.2, -0.15) is 0 Å². The van der Waals surface area contributed by atoms with Crippen molar-refractivity contribution in [2.75, 3.05) is 11.1 Å². The maximum absolute atomic E-state index is 6.12. The van der Waals surface area contributed by atoms with Crippen LogP contribution in [0.1, 0.15) is 28.5 Å². The molecule has 1 unspecified atom stereocenters. The van der Waals surface area contributed by atoms with E-state index in [4.69, 9.17) is 5.73 Å². The summed E-state index contributed by atoms with van der Waals surface area (Å²) in [5, 5.41) is 5.66. The number of para-hydroxylation sites is 1. The van der Waals surface area contributed by atoms with Gasteiger partial charge in [0.05, 0.1) is 39.8 Å². The quantitative estimate of drug-likeness (QED) is 0.765. The van der Waals surface area contributed by atoms with Crippen LogP contribution < -0.4 is 11.1 Å². The molecule has 0 bridgehead atoms. The van der Waals surface area contributed by atoms with Crippen LogP contribution in [0.2, 0.25) is 0 Å². The normalized spacial score (nSPS) is 12.5. The molecule has 108 valence electrons. The van der Waals surface area contributed by atoms with Crippen LogP contribution in [-0.4, -0.2) is 9.97 Å². The summed E-state index contributed by atoms with van der Waals surface area (Å²) in [6.45, 7) is 6.21. The number of anilines is 2. The number of hydrogen-bond acceptors (Lipinski definition) is 5. The highest BCUT2D eigenvalue weighted by Crippen LogP contribution is 2.33. The zero-order valence-electron chi connectivity index (χ0n) is 12.3. The maximum Gasteiger partial charge on any atom is 0.0900 e. The Hall–Kier alpha value is -2.14. The number of aromatic nitrogens is 2. The van der Waals surface area contributed by atoms with E-state index >= 15 is 0 Å². The van der Waals surface area contributed by atoms with Crippen LogP contribution in [0.15, 0.2) is 30.5 Å². The van der Waals surface area contributed by atoms with Gasteiger partial charge in [-0.3, -0.25) is 4.98 Å². The predicted molar refractivity (Wildman–Crippen MR) is 89.8 cm³/mol. The first-order valence-corrected chi connectivity index (χ1v) is 7.71. The molecular weight excluding hydrogens is 280 g/mol. The minimum Gasteiger partial charge on any atom is -0.396 e. The van der Waals surface area contributed by atoms with Gasteiger partial charge in [-0.05, 0) is 26.8 Å². The van der Waals surface area contributed by atoms with Crippen molar-refractivity contribution in [3.8, 4) is 0 Å². The minimum absolute atomic E-state index is 0.157. The molecule has 4 nitrogen and oxygen atoms in total. The van der Waals surface area contributed by atoms with E-state index in [-0.39, 0.29) is 6.04 Å². The fourth-order valence-electron chi connectivity index (χ4n) is 2.55. The number of aryl methyl sites for hydroxylation is 2. The van der Waals surface area contributed by atoms with Gasteiger partial charge in [0.15, 0.2) is 0 Å². The molecule has 0 aliphatic rings. The van der Waals surface area contributed by atoms with Crippen LogP contribution in [0.4, 0.5) is 11.4 Å². The van der Waals surface area contributed by atoms with Crippen molar-refractivity contribution in [2.45, 2.75) is 26.8 Å². The molecule has 5 heteroatoms. The van der Waals surface area contributed by atoms with Crippen LogP contribution in [-0.2, 0) is 0 Å². The lowest BCUT2D eigenvalue weighted by molar-refractivity contribution is 0.892. The average Bonchev–Trinajstić information content (AvgIpc) is 2.81. The van der Waals surface area contributed by atoms with Crippen molar-refractivity contribution in [1.82, 2.24) is 9.97 Å². The van der Waals surface area contributed by atoms with Gasteiger partial charge in [0.25, 0.3) is 0 Å². The number of nitrogens with two attached hydrogens (primary N) is 1. The third-order valence-corrected chi connectivity index (χ3v) is 4.75. The van der Waals surface area contributed by atoms with Crippen LogP contribution in [0.25, 0.3) is 10.9 Å². The lowest BCUT2D eigenvalue weighted by Gasteiger charge is -2.17. The standard InChI is InChI=1S/C16H18N4S/c1-9-16(21-11(3)19-9)10(2)20-15-12-6-4-5-7-14(12)18-8-13(15)17/h4-8,10H,17H2,1-3H3,(H,18,20). The van der Waals surface area contributed by atoms with Crippen LogP contribution in [0, 0.1) is 13.8 Å². The Balaban J connectivity index is 2.01. The summed E-state index contributed by atoms with van der Waals surface area (Å²) >= 11 is 1.72. The number of pyridine rings is 1. The second-order valence-corrected chi connectivity index (χ2v) is 6.39. The number of nitrogen functional groups attached to an aromatic ring is 1. The molecule has 2 aromatic heterocycles. The molecule has 3 rings (SSSR count). The van der Waals surface area contributed by atoms with Crippen molar-refractivity contribution in [3.63, 3.8) is 0 Å². The van der Waals surface area contributed by atoms with Crippen molar-refractivity contribution >= 4 is 33.6 Å². The van der Waals surface area contributed by atoms with E-state index in [1.165, 1.54) is 4.88 Å². The lowest BCUT2D eigenvalue weighted by Crippen LogP contribution is -2.09. The van der Waals surface area contributed by atoms with E-state index < -0.39 is 0 Å². The first kappa shape index (κ1) is 13.8. The topological polar surface area (TPSA) is 63.8 Å². The van der Waals surface area contributed by atoms with Crippen LogP contribution >= 0.6 is 11.3 Å². The number of rotatable bonds is 3. The number of fused-ring (bicyclic) bond motifs is 1. The molecule has 0 radical (unpaired) electrons. The Morgan fingerprint density at radius 3 is 2.71 bits per heavy atom. The van der Waals surface area contributed by atoms with Gasteiger partial charge in [-0.25, -0.2) is 4.98 Å². The van der Waals surface area contributed by atoms with Gasteiger partial charge in [-0.15, -0.1) is 11.3 Å². The third kappa shape index (κ3) is 2.56. The zero-order valence-corrected chi connectivity index (χ0v) is 13.2. The summed E-state index contributed by atoms with van der Waals surface area (Å²) in [4.78, 5) is 10.1. The molecule has 21 heavy (non-hydrogen) atoms. The van der Waals surface area contributed by atoms with Gasteiger partial charge in [-0.1, -0.05) is 18.2 Å². The second kappa shape index (κ2) is 5.33. The van der Waals surface area contributed by atoms with E-state index in [0.29, 0.717) is 5.69 Å². The van der Waals surface area contributed by atoms with Crippen molar-refractivity contribution in [2.24, 2.45) is 0 Å². The zero-order chi connectivity index (χ0) is 15.0. The Morgan fingerprint density at radius 1 is 1.24 bits per heavy atom. The number of benzene rings is 1. The molecule has 0 fully saturated rings. The molecule has 3 N–H and O–H groups in total. The Labute approximate surface area is 128 Å². The monoisotopic (exact) mass is 298 g/mol. The molecule has 2 heterocycles. The molecule has 0 saturated carbocycles. The van der Waals surface area contributed by atoms with E-state index in [9.17, 15) is 0 Å². The highest BCUT2D eigenvalue weighted by atomic mass is 32.1. The van der Waals surface area contributed by atoms with Crippen molar-refractivity contribution < 1.29 is 0 Å². The van der Waals surface area contributed by atoms with Crippen LogP contribution in [0.3, 0.4) is 0 Å². The number of nitrogens with one attached hydrogen (secondary N) is 1. The van der Waals surface area contributed by atoms with Gasteiger partial charge in [0, 0.05) is 10.3 Å². The highest BCUT2D eigenvalue weighted by molar-refractivity contribution is 7.11. The van der Waals surface area contributed by atoms with Gasteiger partial charge in [0.1, 0.15) is 0 Å². The maximum atomic E-state index is 6.12. The average molecular weight is 298 g/mol. The van der Waals surface area contributed by atoms with Gasteiger partial charge < -0.3 is 11.1 Å². The summed E-state index contributed by atoms with van der Waals surface area (Å²) in [6, 6.07) is 8.17.